The van der Waals surface area contributed by atoms with Crippen molar-refractivity contribution < 1.29 is 0 Å². The molecule has 0 heterocycles. The van der Waals surface area contributed by atoms with Crippen molar-refractivity contribution in [3.8, 4) is 0 Å². The second-order valence-corrected chi connectivity index (χ2v) is 6.51. The first kappa shape index (κ1) is 15.6. The van der Waals surface area contributed by atoms with Crippen molar-refractivity contribution in [1.29, 1.82) is 0 Å². The van der Waals surface area contributed by atoms with Crippen LogP contribution in [0, 0.1) is 6.92 Å². The van der Waals surface area contributed by atoms with Gasteiger partial charge in [-0.25, -0.2) is 0 Å². The summed E-state index contributed by atoms with van der Waals surface area (Å²) in [7, 11) is 0. The molecule has 2 aromatic carbocycles. The monoisotopic (exact) mass is 350 g/mol. The molecular weight excluding hydrogens is 332 g/mol. The molecule has 20 heavy (non-hydrogen) atoms. The minimum absolute atomic E-state index is 0.0815. The van der Waals surface area contributed by atoms with E-state index >= 15 is 0 Å². The van der Waals surface area contributed by atoms with Crippen molar-refractivity contribution >= 4 is 27.5 Å². The molecule has 2 rings (SSSR count). The molecule has 1 atom stereocenters. The maximum absolute atomic E-state index is 6.60. The predicted octanol–water partition coefficient (Wildman–Crippen LogP) is 6.43. The number of aryl methyl sites for hydroxylation is 2. The number of rotatable bonds is 5. The Hall–Kier alpha value is -0.790. The van der Waals surface area contributed by atoms with Gasteiger partial charge in [0.2, 0.25) is 0 Å². The Morgan fingerprint density at radius 3 is 2.30 bits per heavy atom. The van der Waals surface area contributed by atoms with E-state index in [-0.39, 0.29) is 5.38 Å². The predicted molar refractivity (Wildman–Crippen MR) is 91.6 cm³/mol. The zero-order valence-corrected chi connectivity index (χ0v) is 14.3. The summed E-state index contributed by atoms with van der Waals surface area (Å²) in [4.78, 5) is 0. The molecule has 0 fully saturated rings. The van der Waals surface area contributed by atoms with E-state index in [9.17, 15) is 0 Å². The highest BCUT2D eigenvalue weighted by Gasteiger charge is 2.11. The van der Waals surface area contributed by atoms with E-state index in [1.807, 2.05) is 0 Å². The summed E-state index contributed by atoms with van der Waals surface area (Å²) in [6.07, 6.45) is 3.63. The van der Waals surface area contributed by atoms with E-state index in [4.69, 9.17) is 11.6 Å². The summed E-state index contributed by atoms with van der Waals surface area (Å²) in [5, 5.41) is -0.0815. The lowest BCUT2D eigenvalue weighted by Gasteiger charge is -2.12. The average molecular weight is 352 g/mol. The average Bonchev–Trinajstić information content (AvgIpc) is 2.48. The first-order valence-electron chi connectivity index (χ1n) is 7.10. The lowest BCUT2D eigenvalue weighted by Crippen LogP contribution is -1.95. The molecule has 0 saturated heterocycles. The van der Waals surface area contributed by atoms with Crippen LogP contribution < -0.4 is 0 Å². The minimum Gasteiger partial charge on any atom is -0.113 e. The van der Waals surface area contributed by atoms with Crippen molar-refractivity contribution in [2.75, 3.05) is 0 Å². The van der Waals surface area contributed by atoms with Gasteiger partial charge in [-0.3, -0.25) is 0 Å². The van der Waals surface area contributed by atoms with Crippen molar-refractivity contribution in [1.82, 2.24) is 0 Å². The van der Waals surface area contributed by atoms with E-state index in [1.165, 1.54) is 24.0 Å². The van der Waals surface area contributed by atoms with Gasteiger partial charge in [0.15, 0.2) is 0 Å². The standard InChI is InChI=1S/C18H20BrCl/c1-3-4-5-14-6-8-15(9-7-14)18(20)16-10-11-17(19)13(2)12-16/h6-12,18H,3-5H2,1-2H3. The molecule has 0 saturated carbocycles. The highest BCUT2D eigenvalue weighted by molar-refractivity contribution is 9.10. The topological polar surface area (TPSA) is 0 Å². The van der Waals surface area contributed by atoms with Gasteiger partial charge in [-0.2, -0.15) is 0 Å². The van der Waals surface area contributed by atoms with E-state index < -0.39 is 0 Å². The molecule has 0 aromatic heterocycles. The quantitative estimate of drug-likeness (QED) is 0.545. The van der Waals surface area contributed by atoms with Gasteiger partial charge >= 0.3 is 0 Å². The Morgan fingerprint density at radius 2 is 1.70 bits per heavy atom. The van der Waals surface area contributed by atoms with Gasteiger partial charge in [0.1, 0.15) is 0 Å². The SMILES string of the molecule is CCCCc1ccc(C(Cl)c2ccc(Br)c(C)c2)cc1. The summed E-state index contributed by atoms with van der Waals surface area (Å²) in [6.45, 7) is 4.31. The van der Waals surface area contributed by atoms with Gasteiger partial charge in [-0.05, 0) is 48.1 Å². The van der Waals surface area contributed by atoms with Crippen molar-refractivity contribution in [2.24, 2.45) is 0 Å². The summed E-state index contributed by atoms with van der Waals surface area (Å²) in [6, 6.07) is 15.0. The van der Waals surface area contributed by atoms with Gasteiger partial charge in [-0.15, -0.1) is 11.6 Å². The van der Waals surface area contributed by atoms with Crippen LogP contribution in [0.5, 0.6) is 0 Å². The molecule has 0 spiro atoms. The number of hydrogen-bond acceptors (Lipinski definition) is 0. The maximum Gasteiger partial charge on any atom is 0.0835 e. The fourth-order valence-corrected chi connectivity index (χ4v) is 2.78. The van der Waals surface area contributed by atoms with Crippen LogP contribution in [0.25, 0.3) is 0 Å². The Morgan fingerprint density at radius 1 is 1.05 bits per heavy atom. The van der Waals surface area contributed by atoms with Crippen LogP contribution in [0.15, 0.2) is 46.9 Å². The maximum atomic E-state index is 6.60. The molecule has 2 heteroatoms. The highest BCUT2D eigenvalue weighted by Crippen LogP contribution is 2.31. The largest absolute Gasteiger partial charge is 0.113 e. The van der Waals surface area contributed by atoms with Crippen molar-refractivity contribution in [2.45, 2.75) is 38.5 Å². The molecule has 2 aromatic rings. The molecule has 0 nitrogen and oxygen atoms in total. The Bertz CT molecular complexity index is 560. The first-order valence-corrected chi connectivity index (χ1v) is 8.33. The van der Waals surface area contributed by atoms with E-state index in [2.05, 4.69) is 72.2 Å². The van der Waals surface area contributed by atoms with Crippen LogP contribution in [0.4, 0.5) is 0 Å². The summed E-state index contributed by atoms with van der Waals surface area (Å²) in [5.74, 6) is 0. The van der Waals surface area contributed by atoms with Crippen LogP contribution in [-0.4, -0.2) is 0 Å². The third kappa shape index (κ3) is 3.86. The first-order chi connectivity index (χ1) is 9.61. The zero-order chi connectivity index (χ0) is 14.5. The van der Waals surface area contributed by atoms with E-state index in [1.54, 1.807) is 0 Å². The lowest BCUT2D eigenvalue weighted by atomic mass is 10.00. The van der Waals surface area contributed by atoms with Crippen molar-refractivity contribution in [3.05, 3.63) is 69.2 Å². The molecule has 0 N–H and O–H groups in total. The molecule has 0 aliphatic carbocycles. The van der Waals surface area contributed by atoms with Crippen LogP contribution in [0.2, 0.25) is 0 Å². The molecule has 0 amide bonds. The fourth-order valence-electron chi connectivity index (χ4n) is 2.25. The van der Waals surface area contributed by atoms with Gasteiger partial charge in [0.05, 0.1) is 5.38 Å². The Kier molecular flexibility index (Phi) is 5.68. The van der Waals surface area contributed by atoms with Crippen LogP contribution >= 0.6 is 27.5 Å². The Balaban J connectivity index is 2.15. The van der Waals surface area contributed by atoms with Crippen LogP contribution in [0.1, 0.15) is 47.4 Å². The van der Waals surface area contributed by atoms with E-state index in [0.29, 0.717) is 0 Å². The third-order valence-corrected chi connectivity index (χ3v) is 4.96. The smallest absolute Gasteiger partial charge is 0.0835 e. The van der Waals surface area contributed by atoms with Gasteiger partial charge in [0, 0.05) is 4.47 Å². The number of halogens is 2. The molecule has 0 bridgehead atoms. The van der Waals surface area contributed by atoms with Crippen molar-refractivity contribution in [3.63, 3.8) is 0 Å². The van der Waals surface area contributed by atoms with Gasteiger partial charge < -0.3 is 0 Å². The number of hydrogen-bond donors (Lipinski definition) is 0. The molecule has 1 unspecified atom stereocenters. The summed E-state index contributed by atoms with van der Waals surface area (Å²) in [5.41, 5.74) is 4.92. The van der Waals surface area contributed by atoms with E-state index in [0.717, 1.165) is 22.0 Å². The van der Waals surface area contributed by atoms with Crippen LogP contribution in [0.3, 0.4) is 0 Å². The second-order valence-electron chi connectivity index (χ2n) is 5.22. The molecule has 0 aliphatic rings. The molecule has 0 radical (unpaired) electrons. The fraction of sp³-hybridized carbons (Fsp3) is 0.333. The van der Waals surface area contributed by atoms with Gasteiger partial charge in [0.25, 0.3) is 0 Å². The molecular formula is C18H20BrCl. The zero-order valence-electron chi connectivity index (χ0n) is 12.0. The normalized spacial score (nSPS) is 12.4. The summed E-state index contributed by atoms with van der Waals surface area (Å²) >= 11 is 10.1. The lowest BCUT2D eigenvalue weighted by molar-refractivity contribution is 0.794. The number of unbranched alkanes of at least 4 members (excludes halogenated alkanes) is 1. The minimum atomic E-state index is -0.0815. The molecule has 0 aliphatic heterocycles. The number of alkyl halides is 1. The Labute approximate surface area is 135 Å². The van der Waals surface area contributed by atoms with Crippen LogP contribution in [-0.2, 0) is 6.42 Å². The number of benzene rings is 2. The third-order valence-electron chi connectivity index (χ3n) is 3.57. The summed E-state index contributed by atoms with van der Waals surface area (Å²) < 4.78 is 1.13. The second kappa shape index (κ2) is 7.28. The highest BCUT2D eigenvalue weighted by atomic mass is 79.9. The molecule has 106 valence electrons. The van der Waals surface area contributed by atoms with Gasteiger partial charge in [-0.1, -0.05) is 65.7 Å².